The molecule has 2 bridgehead atoms. The Morgan fingerprint density at radius 2 is 1.74 bits per heavy atom. The van der Waals surface area contributed by atoms with E-state index in [9.17, 15) is 10.1 Å². The fourth-order valence-corrected chi connectivity index (χ4v) is 3.53. The molecule has 2 atom stereocenters. The van der Waals surface area contributed by atoms with Crippen molar-refractivity contribution in [2.24, 2.45) is 5.41 Å². The molecular weight excluding hydrogens is 238 g/mol. The third kappa shape index (κ3) is 1.95. The van der Waals surface area contributed by atoms with E-state index >= 15 is 0 Å². The molecule has 0 N–H and O–H groups in total. The van der Waals surface area contributed by atoms with Gasteiger partial charge in [-0.3, -0.25) is 9.69 Å². The zero-order valence-electron chi connectivity index (χ0n) is 12.1. The van der Waals surface area contributed by atoms with E-state index in [1.807, 2.05) is 0 Å². The summed E-state index contributed by atoms with van der Waals surface area (Å²) in [6.07, 6.45) is 3.73. The van der Waals surface area contributed by atoms with Crippen molar-refractivity contribution >= 4 is 5.91 Å². The van der Waals surface area contributed by atoms with Crippen molar-refractivity contribution in [2.45, 2.75) is 64.1 Å². The van der Waals surface area contributed by atoms with Crippen molar-refractivity contribution in [2.75, 3.05) is 13.1 Å². The minimum atomic E-state index is -0.648. The van der Waals surface area contributed by atoms with E-state index < -0.39 is 5.41 Å². The molecule has 3 fully saturated rings. The molecule has 3 rings (SSSR count). The topological polar surface area (TPSA) is 47.3 Å². The molecule has 0 spiro atoms. The van der Waals surface area contributed by atoms with Crippen LogP contribution in [0.2, 0.25) is 0 Å². The highest BCUT2D eigenvalue weighted by molar-refractivity contribution is 5.89. The Morgan fingerprint density at radius 3 is 2.11 bits per heavy atom. The maximum Gasteiger partial charge on any atom is 0.243 e. The lowest BCUT2D eigenvalue weighted by atomic mass is 10.00. The van der Waals surface area contributed by atoms with Crippen molar-refractivity contribution in [3.05, 3.63) is 0 Å². The fourth-order valence-electron chi connectivity index (χ4n) is 3.53. The summed E-state index contributed by atoms with van der Waals surface area (Å²) in [5.74, 6) is 0.121. The lowest BCUT2D eigenvalue weighted by molar-refractivity contribution is -0.142. The maximum atomic E-state index is 12.6. The largest absolute Gasteiger partial charge is 0.333 e. The van der Waals surface area contributed by atoms with Crippen LogP contribution in [0, 0.1) is 16.7 Å². The number of amides is 1. The maximum absolute atomic E-state index is 12.6. The Labute approximate surface area is 115 Å². The smallest absolute Gasteiger partial charge is 0.243 e. The average Bonchev–Trinajstić information content (AvgIpc) is 3.09. The molecule has 0 aromatic carbocycles. The molecule has 1 saturated carbocycles. The van der Waals surface area contributed by atoms with Gasteiger partial charge in [0.25, 0.3) is 0 Å². The highest BCUT2D eigenvalue weighted by Gasteiger charge is 2.57. The van der Waals surface area contributed by atoms with Gasteiger partial charge in [-0.2, -0.15) is 5.26 Å². The van der Waals surface area contributed by atoms with Gasteiger partial charge in [-0.1, -0.05) is 0 Å². The summed E-state index contributed by atoms with van der Waals surface area (Å²) in [6, 6.07) is 2.91. The number of nitrogens with zero attached hydrogens (tertiary/aromatic N) is 3. The Hall–Kier alpha value is -1.08. The van der Waals surface area contributed by atoms with Gasteiger partial charge in [-0.15, -0.1) is 0 Å². The average molecular weight is 261 g/mol. The highest BCUT2D eigenvalue weighted by Crippen LogP contribution is 2.49. The van der Waals surface area contributed by atoms with Crippen LogP contribution < -0.4 is 0 Å². The first-order chi connectivity index (χ1) is 8.87. The van der Waals surface area contributed by atoms with Gasteiger partial charge in [0.15, 0.2) is 0 Å². The monoisotopic (exact) mass is 261 g/mol. The number of carbonyl (C=O) groups is 1. The zero-order valence-corrected chi connectivity index (χ0v) is 12.1. The number of piperazine rings is 1. The molecule has 104 valence electrons. The number of rotatable bonds is 1. The van der Waals surface area contributed by atoms with E-state index in [2.05, 4.69) is 36.6 Å². The van der Waals surface area contributed by atoms with Crippen LogP contribution in [0.1, 0.15) is 46.5 Å². The lowest BCUT2D eigenvalue weighted by Gasteiger charge is -2.47. The van der Waals surface area contributed by atoms with Crippen LogP contribution in [0.15, 0.2) is 0 Å². The van der Waals surface area contributed by atoms with Gasteiger partial charge in [0, 0.05) is 30.7 Å². The second-order valence-corrected chi connectivity index (χ2v) is 7.37. The van der Waals surface area contributed by atoms with E-state index in [-0.39, 0.29) is 11.4 Å². The quantitative estimate of drug-likeness (QED) is 0.722. The Morgan fingerprint density at radius 1 is 1.21 bits per heavy atom. The van der Waals surface area contributed by atoms with Crippen LogP contribution in [0.5, 0.6) is 0 Å². The second kappa shape index (κ2) is 3.96. The second-order valence-electron chi connectivity index (χ2n) is 7.37. The van der Waals surface area contributed by atoms with Crippen molar-refractivity contribution in [1.29, 1.82) is 5.26 Å². The van der Waals surface area contributed by atoms with E-state index in [0.717, 1.165) is 38.8 Å². The molecule has 2 aliphatic heterocycles. The summed E-state index contributed by atoms with van der Waals surface area (Å²) in [5, 5.41) is 9.22. The Bertz CT molecular complexity index is 427. The molecule has 1 aliphatic carbocycles. The SMILES string of the molecule is CC(C)(C)N1CC2CCC(C1)N2C(=O)C1(C#N)CC1. The molecule has 4 nitrogen and oxygen atoms in total. The molecule has 2 saturated heterocycles. The van der Waals surface area contributed by atoms with E-state index in [1.165, 1.54) is 0 Å². The van der Waals surface area contributed by atoms with Gasteiger partial charge in [-0.05, 0) is 46.5 Å². The Kier molecular flexibility index (Phi) is 2.69. The van der Waals surface area contributed by atoms with Gasteiger partial charge in [0.05, 0.1) is 6.07 Å². The van der Waals surface area contributed by atoms with Gasteiger partial charge >= 0.3 is 0 Å². The first-order valence-corrected chi connectivity index (χ1v) is 7.36. The van der Waals surface area contributed by atoms with Gasteiger partial charge in [-0.25, -0.2) is 0 Å². The van der Waals surface area contributed by atoms with Crippen LogP contribution >= 0.6 is 0 Å². The molecule has 4 heteroatoms. The van der Waals surface area contributed by atoms with E-state index in [4.69, 9.17) is 0 Å². The number of nitriles is 1. The van der Waals surface area contributed by atoms with Crippen LogP contribution in [0.4, 0.5) is 0 Å². The minimum Gasteiger partial charge on any atom is -0.333 e. The number of likely N-dealkylation sites (tertiary alicyclic amines) is 1. The van der Waals surface area contributed by atoms with Crippen LogP contribution in [0.25, 0.3) is 0 Å². The first kappa shape index (κ1) is 12.9. The standard InChI is InChI=1S/C15H23N3O/c1-14(2,3)17-8-11-4-5-12(9-17)18(11)13(19)15(10-16)6-7-15/h11-12H,4-9H2,1-3H3. The predicted molar refractivity (Wildman–Crippen MR) is 72.3 cm³/mol. The van der Waals surface area contributed by atoms with Crippen molar-refractivity contribution < 1.29 is 4.79 Å². The van der Waals surface area contributed by atoms with Gasteiger partial charge in [0.1, 0.15) is 5.41 Å². The molecule has 2 heterocycles. The molecular formula is C15H23N3O. The third-order valence-corrected chi connectivity index (χ3v) is 5.04. The molecule has 0 aromatic heterocycles. The summed E-state index contributed by atoms with van der Waals surface area (Å²) >= 11 is 0. The molecule has 0 aromatic rings. The molecule has 3 aliphatic rings. The van der Waals surface area contributed by atoms with Gasteiger partial charge in [0.2, 0.25) is 5.91 Å². The van der Waals surface area contributed by atoms with Crippen LogP contribution in [-0.4, -0.2) is 46.4 Å². The lowest BCUT2D eigenvalue weighted by Crippen LogP contribution is -2.61. The van der Waals surface area contributed by atoms with E-state index in [0.29, 0.717) is 12.1 Å². The summed E-state index contributed by atoms with van der Waals surface area (Å²) in [6.45, 7) is 8.64. The normalized spacial score (nSPS) is 33.1. The number of hydrogen-bond acceptors (Lipinski definition) is 3. The van der Waals surface area contributed by atoms with Crippen molar-refractivity contribution in [1.82, 2.24) is 9.80 Å². The molecule has 1 amide bonds. The molecule has 2 unspecified atom stereocenters. The summed E-state index contributed by atoms with van der Waals surface area (Å²) in [7, 11) is 0. The number of hydrogen-bond donors (Lipinski definition) is 0. The summed E-state index contributed by atoms with van der Waals surface area (Å²) in [5.41, 5.74) is -0.479. The summed E-state index contributed by atoms with van der Waals surface area (Å²) < 4.78 is 0. The summed E-state index contributed by atoms with van der Waals surface area (Å²) in [4.78, 5) is 17.2. The number of carbonyl (C=O) groups excluding carboxylic acids is 1. The van der Waals surface area contributed by atoms with Crippen LogP contribution in [0.3, 0.4) is 0 Å². The fraction of sp³-hybridized carbons (Fsp3) is 0.867. The first-order valence-electron chi connectivity index (χ1n) is 7.36. The van der Waals surface area contributed by atoms with Crippen LogP contribution in [-0.2, 0) is 4.79 Å². The predicted octanol–water partition coefficient (Wildman–Crippen LogP) is 1.76. The molecule has 19 heavy (non-hydrogen) atoms. The zero-order chi connectivity index (χ0) is 13.8. The molecule has 0 radical (unpaired) electrons. The third-order valence-electron chi connectivity index (χ3n) is 5.04. The Balaban J connectivity index is 1.78. The highest BCUT2D eigenvalue weighted by atomic mass is 16.2. The van der Waals surface area contributed by atoms with Crippen molar-refractivity contribution in [3.63, 3.8) is 0 Å². The van der Waals surface area contributed by atoms with Gasteiger partial charge < -0.3 is 4.90 Å². The van der Waals surface area contributed by atoms with Crippen molar-refractivity contribution in [3.8, 4) is 6.07 Å². The number of fused-ring (bicyclic) bond motifs is 2. The van der Waals surface area contributed by atoms with E-state index in [1.54, 1.807) is 0 Å². The minimum absolute atomic E-state index is 0.121.